The molecule has 1 fully saturated rings. The van der Waals surface area contributed by atoms with Crippen molar-refractivity contribution in [2.75, 3.05) is 13.7 Å². The highest BCUT2D eigenvalue weighted by Crippen LogP contribution is 2.21. The molecule has 1 aromatic rings. The van der Waals surface area contributed by atoms with E-state index in [0.717, 1.165) is 19.6 Å². The summed E-state index contributed by atoms with van der Waals surface area (Å²) in [4.78, 5) is 2.40. The Morgan fingerprint density at radius 2 is 2.22 bits per heavy atom. The molecule has 0 radical (unpaired) electrons. The molecule has 0 saturated carbocycles. The van der Waals surface area contributed by atoms with Crippen LogP contribution in [0, 0.1) is 6.92 Å². The molecule has 0 bridgehead atoms. The summed E-state index contributed by atoms with van der Waals surface area (Å²) in [7, 11) is 2.19. The van der Waals surface area contributed by atoms with Crippen molar-refractivity contribution in [1.29, 1.82) is 0 Å². The zero-order chi connectivity index (χ0) is 13.1. The standard InChI is InChI=1S/C15H24N2O/c1-11-8-13(9-16)4-5-14(11)10-17(3)15-6-7-18-12(15)2/h4-5,8,12,15H,6-7,9-10,16H2,1-3H3. The molecule has 3 nitrogen and oxygen atoms in total. The monoisotopic (exact) mass is 248 g/mol. The molecule has 0 amide bonds. The van der Waals surface area contributed by atoms with E-state index in [0.29, 0.717) is 18.7 Å². The van der Waals surface area contributed by atoms with Crippen molar-refractivity contribution >= 4 is 0 Å². The maximum atomic E-state index is 5.66. The summed E-state index contributed by atoms with van der Waals surface area (Å²) in [5.41, 5.74) is 9.58. The molecule has 1 aromatic carbocycles. The van der Waals surface area contributed by atoms with Crippen LogP contribution in [0.15, 0.2) is 18.2 Å². The highest BCUT2D eigenvalue weighted by molar-refractivity contribution is 5.31. The molecule has 2 atom stereocenters. The van der Waals surface area contributed by atoms with Gasteiger partial charge in [0.15, 0.2) is 0 Å². The topological polar surface area (TPSA) is 38.5 Å². The summed E-state index contributed by atoms with van der Waals surface area (Å²) in [6.45, 7) is 6.82. The Balaban J connectivity index is 2.04. The van der Waals surface area contributed by atoms with Crippen LogP contribution < -0.4 is 5.73 Å². The Kier molecular flexibility index (Phi) is 4.38. The molecule has 3 heteroatoms. The summed E-state index contributed by atoms with van der Waals surface area (Å²) in [5, 5.41) is 0. The first-order chi connectivity index (χ1) is 8.61. The van der Waals surface area contributed by atoms with Gasteiger partial charge in [-0.05, 0) is 44.0 Å². The van der Waals surface area contributed by atoms with Crippen molar-refractivity contribution in [3.8, 4) is 0 Å². The van der Waals surface area contributed by atoms with Gasteiger partial charge in [-0.3, -0.25) is 4.90 Å². The second-order valence-electron chi connectivity index (χ2n) is 5.31. The van der Waals surface area contributed by atoms with E-state index in [1.165, 1.54) is 16.7 Å². The summed E-state index contributed by atoms with van der Waals surface area (Å²) < 4.78 is 5.63. The third-order valence-corrected chi connectivity index (χ3v) is 3.96. The SMILES string of the molecule is Cc1cc(CN)ccc1CN(C)C1CCOC1C. The van der Waals surface area contributed by atoms with Gasteiger partial charge >= 0.3 is 0 Å². The van der Waals surface area contributed by atoms with Gasteiger partial charge in [-0.1, -0.05) is 18.2 Å². The fourth-order valence-electron chi connectivity index (χ4n) is 2.75. The molecular weight excluding hydrogens is 224 g/mol. The fraction of sp³-hybridized carbons (Fsp3) is 0.600. The number of nitrogens with two attached hydrogens (primary N) is 1. The van der Waals surface area contributed by atoms with E-state index in [1.807, 2.05) is 0 Å². The smallest absolute Gasteiger partial charge is 0.0703 e. The average Bonchev–Trinajstić information content (AvgIpc) is 2.78. The first-order valence-electron chi connectivity index (χ1n) is 6.72. The molecule has 1 aliphatic rings. The number of hydrogen-bond donors (Lipinski definition) is 1. The third-order valence-electron chi connectivity index (χ3n) is 3.96. The van der Waals surface area contributed by atoms with Gasteiger partial charge in [0.1, 0.15) is 0 Å². The van der Waals surface area contributed by atoms with Crippen LogP contribution in [0.1, 0.15) is 30.0 Å². The van der Waals surface area contributed by atoms with Crippen molar-refractivity contribution in [2.24, 2.45) is 5.73 Å². The minimum atomic E-state index is 0.346. The van der Waals surface area contributed by atoms with Gasteiger partial charge in [-0.2, -0.15) is 0 Å². The van der Waals surface area contributed by atoms with Crippen LogP contribution in [0.3, 0.4) is 0 Å². The lowest BCUT2D eigenvalue weighted by atomic mass is 10.0. The Labute approximate surface area is 110 Å². The number of likely N-dealkylation sites (N-methyl/N-ethyl adjacent to an activating group) is 1. The average molecular weight is 248 g/mol. The molecule has 0 aromatic heterocycles. The van der Waals surface area contributed by atoms with Crippen LogP contribution in [0.25, 0.3) is 0 Å². The molecule has 2 unspecified atom stereocenters. The predicted molar refractivity (Wildman–Crippen MR) is 74.4 cm³/mol. The Bertz CT molecular complexity index is 405. The van der Waals surface area contributed by atoms with Crippen LogP contribution in [-0.4, -0.2) is 30.7 Å². The lowest BCUT2D eigenvalue weighted by molar-refractivity contribution is 0.0814. The zero-order valence-corrected chi connectivity index (χ0v) is 11.6. The molecule has 2 N–H and O–H groups in total. The minimum Gasteiger partial charge on any atom is -0.377 e. The van der Waals surface area contributed by atoms with E-state index in [1.54, 1.807) is 0 Å². The van der Waals surface area contributed by atoms with Gasteiger partial charge in [0.2, 0.25) is 0 Å². The number of rotatable bonds is 4. The van der Waals surface area contributed by atoms with E-state index in [9.17, 15) is 0 Å². The van der Waals surface area contributed by atoms with Crippen molar-refractivity contribution in [3.05, 3.63) is 34.9 Å². The van der Waals surface area contributed by atoms with Gasteiger partial charge in [-0.25, -0.2) is 0 Å². The van der Waals surface area contributed by atoms with E-state index in [4.69, 9.17) is 10.5 Å². The van der Waals surface area contributed by atoms with E-state index < -0.39 is 0 Å². The quantitative estimate of drug-likeness (QED) is 0.886. The lowest BCUT2D eigenvalue weighted by Gasteiger charge is -2.27. The normalized spacial score (nSPS) is 23.8. The number of hydrogen-bond acceptors (Lipinski definition) is 3. The maximum absolute atomic E-state index is 5.66. The molecule has 100 valence electrons. The second kappa shape index (κ2) is 5.83. The van der Waals surface area contributed by atoms with E-state index in [2.05, 4.69) is 44.0 Å². The summed E-state index contributed by atoms with van der Waals surface area (Å²) in [5.74, 6) is 0. The van der Waals surface area contributed by atoms with Crippen molar-refractivity contribution in [1.82, 2.24) is 4.90 Å². The molecule has 1 heterocycles. The molecule has 2 rings (SSSR count). The molecule has 0 aliphatic carbocycles. The summed E-state index contributed by atoms with van der Waals surface area (Å²) in [6, 6.07) is 7.07. The Morgan fingerprint density at radius 1 is 1.44 bits per heavy atom. The lowest BCUT2D eigenvalue weighted by Crippen LogP contribution is -2.36. The number of ether oxygens (including phenoxy) is 1. The highest BCUT2D eigenvalue weighted by Gasteiger charge is 2.27. The van der Waals surface area contributed by atoms with Gasteiger partial charge < -0.3 is 10.5 Å². The van der Waals surface area contributed by atoms with Gasteiger partial charge in [0, 0.05) is 25.7 Å². The van der Waals surface area contributed by atoms with Crippen molar-refractivity contribution in [3.63, 3.8) is 0 Å². The van der Waals surface area contributed by atoms with Crippen molar-refractivity contribution < 1.29 is 4.74 Å². The first kappa shape index (κ1) is 13.5. The van der Waals surface area contributed by atoms with Crippen molar-refractivity contribution in [2.45, 2.75) is 45.5 Å². The Morgan fingerprint density at radius 3 is 2.78 bits per heavy atom. The van der Waals surface area contributed by atoms with E-state index in [-0.39, 0.29) is 0 Å². The van der Waals surface area contributed by atoms with Crippen LogP contribution in [-0.2, 0) is 17.8 Å². The second-order valence-corrected chi connectivity index (χ2v) is 5.31. The number of nitrogens with zero attached hydrogens (tertiary/aromatic N) is 1. The zero-order valence-electron chi connectivity index (χ0n) is 11.6. The third kappa shape index (κ3) is 2.91. The molecular formula is C15H24N2O. The number of benzene rings is 1. The van der Waals surface area contributed by atoms with Crippen LogP contribution >= 0.6 is 0 Å². The highest BCUT2D eigenvalue weighted by atomic mass is 16.5. The Hall–Kier alpha value is -0.900. The predicted octanol–water partition coefficient (Wildman–Crippen LogP) is 2.06. The number of aryl methyl sites for hydroxylation is 1. The van der Waals surface area contributed by atoms with Crippen LogP contribution in [0.5, 0.6) is 0 Å². The molecule has 1 aliphatic heterocycles. The maximum Gasteiger partial charge on any atom is 0.0703 e. The summed E-state index contributed by atoms with van der Waals surface area (Å²) in [6.07, 6.45) is 1.48. The van der Waals surface area contributed by atoms with Gasteiger partial charge in [-0.15, -0.1) is 0 Å². The largest absolute Gasteiger partial charge is 0.377 e. The van der Waals surface area contributed by atoms with Crippen LogP contribution in [0.4, 0.5) is 0 Å². The molecule has 0 spiro atoms. The summed E-state index contributed by atoms with van der Waals surface area (Å²) >= 11 is 0. The fourth-order valence-corrected chi connectivity index (χ4v) is 2.75. The van der Waals surface area contributed by atoms with Gasteiger partial charge in [0.25, 0.3) is 0 Å². The van der Waals surface area contributed by atoms with Crippen LogP contribution in [0.2, 0.25) is 0 Å². The minimum absolute atomic E-state index is 0.346. The van der Waals surface area contributed by atoms with Gasteiger partial charge in [0.05, 0.1) is 6.10 Å². The first-order valence-corrected chi connectivity index (χ1v) is 6.72. The molecule has 1 saturated heterocycles. The molecule has 18 heavy (non-hydrogen) atoms. The van der Waals surface area contributed by atoms with E-state index >= 15 is 0 Å².